The van der Waals surface area contributed by atoms with Crippen molar-refractivity contribution in [1.29, 1.82) is 0 Å². The molecule has 2 aromatic heterocycles. The number of nitrogens with zero attached hydrogens (tertiary/aromatic N) is 3. The average molecular weight is 407 g/mol. The molecule has 0 radical (unpaired) electrons. The van der Waals surface area contributed by atoms with E-state index >= 15 is 0 Å². The number of anilines is 1. The molecule has 0 fully saturated rings. The molecular weight excluding hydrogens is 384 g/mol. The van der Waals surface area contributed by atoms with E-state index in [1.165, 1.54) is 6.33 Å². The van der Waals surface area contributed by atoms with Crippen molar-refractivity contribution in [2.75, 3.05) is 12.3 Å². The van der Waals surface area contributed by atoms with Crippen LogP contribution in [0.4, 0.5) is 5.69 Å². The molecule has 5 nitrogen and oxygen atoms in total. The Balaban J connectivity index is 1.83. The maximum absolute atomic E-state index is 6.36. The minimum Gasteiger partial charge on any atom is -0.399 e. The highest BCUT2D eigenvalue weighted by atomic mass is 35.5. The van der Waals surface area contributed by atoms with Crippen LogP contribution >= 0.6 is 23.4 Å². The van der Waals surface area contributed by atoms with Crippen molar-refractivity contribution in [2.45, 2.75) is 42.2 Å². The fourth-order valence-corrected chi connectivity index (χ4v) is 4.47. The molecule has 138 valence electrons. The lowest BCUT2D eigenvalue weighted by molar-refractivity contribution is 0.0896. The number of ether oxygens (including phenoxy) is 1. The summed E-state index contributed by atoms with van der Waals surface area (Å²) in [6.45, 7) is 8.24. The summed E-state index contributed by atoms with van der Waals surface area (Å²) in [6, 6.07) is 8.89. The molecule has 0 saturated heterocycles. The number of hydrogen-bond donors (Lipinski definition) is 1. The van der Waals surface area contributed by atoms with Gasteiger partial charge in [-0.3, -0.25) is 0 Å². The van der Waals surface area contributed by atoms with Crippen LogP contribution in [0.3, 0.4) is 0 Å². The first kappa shape index (κ1) is 19.2. The first-order valence-electron chi connectivity index (χ1n) is 8.44. The van der Waals surface area contributed by atoms with E-state index in [1.807, 2.05) is 35.0 Å². The predicted molar refractivity (Wildman–Crippen MR) is 112 cm³/mol. The van der Waals surface area contributed by atoms with Crippen LogP contribution in [0.1, 0.15) is 0 Å². The molecule has 3 rings (SSSR count). The van der Waals surface area contributed by atoms with E-state index in [2.05, 4.69) is 29.6 Å². The van der Waals surface area contributed by atoms with Crippen LogP contribution in [0.25, 0.3) is 11.0 Å². The topological polar surface area (TPSA) is 66.0 Å². The number of aromatic nitrogens is 3. The molecule has 0 saturated carbocycles. The molecule has 8 heteroatoms. The van der Waals surface area contributed by atoms with E-state index in [-0.39, 0.29) is 0 Å². The summed E-state index contributed by atoms with van der Waals surface area (Å²) in [6.07, 6.45) is 3.52. The van der Waals surface area contributed by atoms with Crippen molar-refractivity contribution < 1.29 is 4.74 Å². The van der Waals surface area contributed by atoms with Gasteiger partial charge in [-0.15, -0.1) is 0 Å². The standard InChI is InChI=1S/C18H23ClN4OSSi/c1-26(2,3)9-8-24-12-23-10-15(16-17(19)21-11-22-18(16)23)25-14-6-4-13(20)5-7-14/h4-7,10-11H,8-9,12,20H2,1-3H3. The minimum atomic E-state index is -1.10. The lowest BCUT2D eigenvalue weighted by atomic mass is 10.3. The first-order valence-corrected chi connectivity index (χ1v) is 13.3. The number of nitrogens with two attached hydrogens (primary N) is 1. The van der Waals surface area contributed by atoms with E-state index in [9.17, 15) is 0 Å². The number of rotatable bonds is 7. The van der Waals surface area contributed by atoms with Crippen molar-refractivity contribution in [3.63, 3.8) is 0 Å². The third-order valence-electron chi connectivity index (χ3n) is 3.91. The Morgan fingerprint density at radius 1 is 1.19 bits per heavy atom. The molecule has 0 atom stereocenters. The van der Waals surface area contributed by atoms with Gasteiger partial charge in [0.15, 0.2) is 0 Å². The quantitative estimate of drug-likeness (QED) is 0.255. The summed E-state index contributed by atoms with van der Waals surface area (Å²) in [4.78, 5) is 10.6. The molecule has 0 spiro atoms. The predicted octanol–water partition coefficient (Wildman–Crippen LogP) is 5.13. The van der Waals surface area contributed by atoms with Gasteiger partial charge < -0.3 is 15.0 Å². The van der Waals surface area contributed by atoms with Gasteiger partial charge in [0, 0.05) is 36.4 Å². The first-order chi connectivity index (χ1) is 12.3. The summed E-state index contributed by atoms with van der Waals surface area (Å²) in [5, 5.41) is 1.30. The van der Waals surface area contributed by atoms with Crippen molar-refractivity contribution >= 4 is 48.2 Å². The largest absolute Gasteiger partial charge is 0.399 e. The number of halogens is 1. The molecule has 0 bridgehead atoms. The molecule has 1 aromatic carbocycles. The third kappa shape index (κ3) is 4.79. The fourth-order valence-electron chi connectivity index (χ4n) is 2.43. The molecular formula is C18H23ClN4OSSi. The maximum Gasteiger partial charge on any atom is 0.147 e. The van der Waals surface area contributed by atoms with Crippen molar-refractivity contribution in [3.8, 4) is 0 Å². The molecule has 2 heterocycles. The summed E-state index contributed by atoms with van der Waals surface area (Å²) < 4.78 is 7.88. The van der Waals surface area contributed by atoms with Gasteiger partial charge in [-0.1, -0.05) is 43.0 Å². The van der Waals surface area contributed by atoms with Crippen LogP contribution in [-0.4, -0.2) is 29.2 Å². The summed E-state index contributed by atoms with van der Waals surface area (Å²) in [5.74, 6) is 0. The number of benzene rings is 1. The van der Waals surface area contributed by atoms with Crippen molar-refractivity contribution in [3.05, 3.63) is 41.9 Å². The molecule has 2 N–H and O–H groups in total. The second-order valence-corrected chi connectivity index (χ2v) is 14.4. The zero-order valence-electron chi connectivity index (χ0n) is 15.2. The lowest BCUT2D eigenvalue weighted by Gasteiger charge is -2.15. The summed E-state index contributed by atoms with van der Waals surface area (Å²) >= 11 is 7.97. The Morgan fingerprint density at radius 3 is 2.62 bits per heavy atom. The minimum absolute atomic E-state index is 0.453. The van der Waals surface area contributed by atoms with Gasteiger partial charge in [0.25, 0.3) is 0 Å². The van der Waals surface area contributed by atoms with Gasteiger partial charge in [-0.25, -0.2) is 9.97 Å². The monoisotopic (exact) mass is 406 g/mol. The number of hydrogen-bond acceptors (Lipinski definition) is 5. The highest BCUT2D eigenvalue weighted by molar-refractivity contribution is 7.99. The zero-order valence-corrected chi connectivity index (χ0v) is 17.8. The molecule has 0 aliphatic carbocycles. The number of fused-ring (bicyclic) bond motifs is 1. The molecule has 0 unspecified atom stereocenters. The van der Waals surface area contributed by atoms with Gasteiger partial charge in [-0.05, 0) is 30.3 Å². The van der Waals surface area contributed by atoms with Gasteiger partial charge in [-0.2, -0.15) is 0 Å². The van der Waals surface area contributed by atoms with E-state index in [4.69, 9.17) is 22.1 Å². The molecule has 26 heavy (non-hydrogen) atoms. The summed E-state index contributed by atoms with van der Waals surface area (Å²) in [5.41, 5.74) is 7.30. The zero-order chi connectivity index (χ0) is 18.7. The second-order valence-electron chi connectivity index (χ2n) is 7.35. The van der Waals surface area contributed by atoms with Crippen LogP contribution < -0.4 is 5.73 Å². The van der Waals surface area contributed by atoms with Crippen LogP contribution in [0, 0.1) is 0 Å². The third-order valence-corrected chi connectivity index (χ3v) is 6.94. The molecule has 0 aliphatic rings. The Kier molecular flexibility index (Phi) is 5.91. The van der Waals surface area contributed by atoms with E-state index in [0.717, 1.165) is 39.2 Å². The van der Waals surface area contributed by atoms with Crippen LogP contribution in [0.2, 0.25) is 30.8 Å². The molecule has 0 amide bonds. The van der Waals surface area contributed by atoms with E-state index in [1.54, 1.807) is 11.8 Å². The van der Waals surface area contributed by atoms with Crippen LogP contribution in [0.15, 0.2) is 46.6 Å². The second kappa shape index (κ2) is 8.00. The molecule has 0 aliphatic heterocycles. The smallest absolute Gasteiger partial charge is 0.147 e. The van der Waals surface area contributed by atoms with E-state index in [0.29, 0.717) is 11.9 Å². The normalized spacial score (nSPS) is 12.0. The Bertz CT molecular complexity index is 893. The van der Waals surface area contributed by atoms with E-state index < -0.39 is 8.07 Å². The lowest BCUT2D eigenvalue weighted by Crippen LogP contribution is -2.22. The van der Waals surface area contributed by atoms with Crippen molar-refractivity contribution in [2.24, 2.45) is 0 Å². The van der Waals surface area contributed by atoms with Gasteiger partial charge in [0.2, 0.25) is 0 Å². The highest BCUT2D eigenvalue weighted by Gasteiger charge is 2.16. The summed E-state index contributed by atoms with van der Waals surface area (Å²) in [7, 11) is -1.10. The number of nitrogen functional groups attached to an aromatic ring is 1. The van der Waals surface area contributed by atoms with Crippen LogP contribution in [0.5, 0.6) is 0 Å². The Hall–Kier alpha value is -1.54. The van der Waals surface area contributed by atoms with Crippen LogP contribution in [-0.2, 0) is 11.5 Å². The average Bonchev–Trinajstić information content (AvgIpc) is 2.92. The fraction of sp³-hybridized carbons (Fsp3) is 0.333. The molecule has 3 aromatic rings. The Labute approximate surface area is 163 Å². The van der Waals surface area contributed by atoms with Gasteiger partial charge in [0.05, 0.1) is 5.39 Å². The van der Waals surface area contributed by atoms with Crippen molar-refractivity contribution in [1.82, 2.24) is 14.5 Å². The maximum atomic E-state index is 6.36. The van der Waals surface area contributed by atoms with Gasteiger partial charge in [0.1, 0.15) is 23.9 Å². The SMILES string of the molecule is C[Si](C)(C)CCOCn1cc(Sc2ccc(N)cc2)c2c(Cl)ncnc21. The van der Waals surface area contributed by atoms with Gasteiger partial charge >= 0.3 is 0 Å². The highest BCUT2D eigenvalue weighted by Crippen LogP contribution is 2.37. The Morgan fingerprint density at radius 2 is 1.92 bits per heavy atom.